The van der Waals surface area contributed by atoms with Crippen LogP contribution in [-0.4, -0.2) is 17.2 Å². The number of hydrogen-bond acceptors (Lipinski definition) is 3. The second kappa shape index (κ2) is 9.40. The van der Waals surface area contributed by atoms with Gasteiger partial charge in [-0.15, -0.1) is 0 Å². The zero-order valence-corrected chi connectivity index (χ0v) is 15.6. The quantitative estimate of drug-likeness (QED) is 0.395. The number of benzene rings is 3. The van der Waals surface area contributed by atoms with Crippen molar-refractivity contribution in [1.82, 2.24) is 5.43 Å². The van der Waals surface area contributed by atoms with Crippen molar-refractivity contribution >= 4 is 23.7 Å². The summed E-state index contributed by atoms with van der Waals surface area (Å²) in [6, 6.07) is 21.8. The minimum Gasteiger partial charge on any atom is -0.506 e. The molecule has 0 spiro atoms. The Labute approximate surface area is 168 Å². The molecule has 4 nitrogen and oxygen atoms in total. The first-order valence-corrected chi connectivity index (χ1v) is 8.94. The molecule has 3 rings (SSSR count). The molecule has 138 valence electrons. The van der Waals surface area contributed by atoms with Gasteiger partial charge in [0.1, 0.15) is 5.75 Å². The highest BCUT2D eigenvalue weighted by molar-refractivity contribution is 6.32. The molecule has 1 amide bonds. The number of carbonyl (C=O) groups excluding carboxylic acids is 1. The molecular weight excluding hydrogens is 372 g/mol. The van der Waals surface area contributed by atoms with Crippen LogP contribution in [0.3, 0.4) is 0 Å². The van der Waals surface area contributed by atoms with Crippen LogP contribution in [-0.2, 0) is 6.42 Å². The molecule has 3 aromatic rings. The maximum Gasteiger partial charge on any atom is 0.271 e. The van der Waals surface area contributed by atoms with Gasteiger partial charge in [0.15, 0.2) is 0 Å². The van der Waals surface area contributed by atoms with Crippen LogP contribution in [0.5, 0.6) is 5.75 Å². The largest absolute Gasteiger partial charge is 0.506 e. The minimum absolute atomic E-state index is 0.0769. The van der Waals surface area contributed by atoms with Gasteiger partial charge in [-0.3, -0.25) is 4.79 Å². The molecule has 3 aromatic carbocycles. The third kappa shape index (κ3) is 5.47. The lowest BCUT2D eigenvalue weighted by atomic mass is 10.1. The van der Waals surface area contributed by atoms with Gasteiger partial charge in [-0.25, -0.2) is 5.43 Å². The molecule has 0 bridgehead atoms. The van der Waals surface area contributed by atoms with Gasteiger partial charge in [0.2, 0.25) is 0 Å². The first-order valence-electron chi connectivity index (χ1n) is 8.56. The lowest BCUT2D eigenvalue weighted by Crippen LogP contribution is -2.17. The van der Waals surface area contributed by atoms with E-state index in [0.29, 0.717) is 12.0 Å². The molecule has 0 aliphatic heterocycles. The van der Waals surface area contributed by atoms with E-state index < -0.39 is 5.91 Å². The summed E-state index contributed by atoms with van der Waals surface area (Å²) in [5, 5.41) is 13.5. The van der Waals surface area contributed by atoms with Gasteiger partial charge in [-0.2, -0.15) is 5.10 Å². The number of rotatable bonds is 4. The summed E-state index contributed by atoms with van der Waals surface area (Å²) >= 11 is 5.80. The van der Waals surface area contributed by atoms with Crippen LogP contribution < -0.4 is 5.43 Å². The second-order valence-electron chi connectivity index (χ2n) is 5.95. The highest BCUT2D eigenvalue weighted by Gasteiger charge is 2.07. The number of phenolic OH excluding ortho intramolecular Hbond substituents is 1. The maximum atomic E-state index is 12.1. The minimum atomic E-state index is -0.419. The fraction of sp³-hybridized carbons (Fsp3) is 0.0435. The number of carbonyl (C=O) groups is 1. The summed E-state index contributed by atoms with van der Waals surface area (Å²) in [7, 11) is 0. The number of hydrogen-bond donors (Lipinski definition) is 2. The summed E-state index contributed by atoms with van der Waals surface area (Å²) in [6.07, 6.45) is 2.23. The van der Waals surface area contributed by atoms with E-state index in [2.05, 4.69) is 22.4 Å². The van der Waals surface area contributed by atoms with E-state index in [-0.39, 0.29) is 10.8 Å². The molecule has 0 heterocycles. The zero-order valence-electron chi connectivity index (χ0n) is 14.9. The van der Waals surface area contributed by atoms with Crippen molar-refractivity contribution in [2.45, 2.75) is 6.42 Å². The summed E-state index contributed by atoms with van der Waals surface area (Å²) in [5.74, 6) is 5.79. The second-order valence-corrected chi connectivity index (χ2v) is 6.36. The van der Waals surface area contributed by atoms with E-state index >= 15 is 0 Å². The average Bonchev–Trinajstić information content (AvgIpc) is 2.71. The van der Waals surface area contributed by atoms with Gasteiger partial charge in [-0.05, 0) is 41.5 Å². The Kier molecular flexibility index (Phi) is 6.46. The SMILES string of the molecule is O=C(N/N=C/c1cccc(C#CCc2ccccc2)c1)c1ccc(O)c(Cl)c1. The van der Waals surface area contributed by atoms with Crippen molar-refractivity contribution in [3.05, 3.63) is 100 Å². The first kappa shape index (κ1) is 19.2. The lowest BCUT2D eigenvalue weighted by molar-refractivity contribution is 0.0955. The van der Waals surface area contributed by atoms with E-state index in [1.807, 2.05) is 54.6 Å². The Bertz CT molecular complexity index is 1070. The van der Waals surface area contributed by atoms with Crippen LogP contribution in [0.15, 0.2) is 77.9 Å². The van der Waals surface area contributed by atoms with Crippen molar-refractivity contribution in [3.8, 4) is 17.6 Å². The number of hydrazone groups is 1. The molecule has 0 aromatic heterocycles. The molecular formula is C23H17ClN2O2. The van der Waals surface area contributed by atoms with Crippen LogP contribution in [0.25, 0.3) is 0 Å². The smallest absolute Gasteiger partial charge is 0.271 e. The summed E-state index contributed by atoms with van der Waals surface area (Å²) in [5.41, 5.74) is 5.60. The summed E-state index contributed by atoms with van der Waals surface area (Å²) in [4.78, 5) is 12.1. The van der Waals surface area contributed by atoms with Gasteiger partial charge < -0.3 is 5.11 Å². The Morgan fingerprint density at radius 3 is 2.68 bits per heavy atom. The fourth-order valence-corrected chi connectivity index (χ4v) is 2.60. The molecule has 0 saturated carbocycles. The Morgan fingerprint density at radius 1 is 1.07 bits per heavy atom. The molecule has 28 heavy (non-hydrogen) atoms. The topological polar surface area (TPSA) is 61.7 Å². The monoisotopic (exact) mass is 388 g/mol. The zero-order chi connectivity index (χ0) is 19.8. The van der Waals surface area contributed by atoms with Crippen molar-refractivity contribution in [2.75, 3.05) is 0 Å². The van der Waals surface area contributed by atoms with Crippen LogP contribution in [0.2, 0.25) is 5.02 Å². The molecule has 0 aliphatic carbocycles. The number of nitrogens with zero attached hydrogens (tertiary/aromatic N) is 1. The molecule has 2 N–H and O–H groups in total. The van der Waals surface area contributed by atoms with Crippen molar-refractivity contribution in [1.29, 1.82) is 0 Å². The first-order chi connectivity index (χ1) is 13.6. The van der Waals surface area contributed by atoms with Crippen molar-refractivity contribution in [2.24, 2.45) is 5.10 Å². The number of aromatic hydroxyl groups is 1. The molecule has 0 atom stereocenters. The maximum absolute atomic E-state index is 12.1. The van der Waals surface area contributed by atoms with E-state index in [0.717, 1.165) is 11.1 Å². The normalized spacial score (nSPS) is 10.3. The predicted octanol–water partition coefficient (Wildman–Crippen LogP) is 4.40. The highest BCUT2D eigenvalue weighted by Crippen LogP contribution is 2.23. The van der Waals surface area contributed by atoms with Crippen molar-refractivity contribution in [3.63, 3.8) is 0 Å². The molecule has 0 saturated heterocycles. The number of phenols is 1. The van der Waals surface area contributed by atoms with E-state index in [9.17, 15) is 9.90 Å². The average molecular weight is 389 g/mol. The third-order valence-electron chi connectivity index (χ3n) is 3.84. The summed E-state index contributed by atoms with van der Waals surface area (Å²) in [6.45, 7) is 0. The number of nitrogens with one attached hydrogen (secondary N) is 1. The highest BCUT2D eigenvalue weighted by atomic mass is 35.5. The predicted molar refractivity (Wildman–Crippen MR) is 112 cm³/mol. The van der Waals surface area contributed by atoms with Gasteiger partial charge in [-0.1, -0.05) is 65.9 Å². The van der Waals surface area contributed by atoms with Crippen LogP contribution >= 0.6 is 11.6 Å². The fourth-order valence-electron chi connectivity index (χ4n) is 2.42. The van der Waals surface area contributed by atoms with Crippen LogP contribution in [0.4, 0.5) is 0 Å². The number of halogens is 1. The molecule has 0 aliphatic rings. The standard InChI is InChI=1S/C23H17ClN2O2/c24-21-15-20(12-13-22(21)27)23(28)26-25-16-19-11-5-10-18(14-19)9-4-8-17-6-2-1-3-7-17/h1-3,5-7,10-16,27H,8H2,(H,26,28)/b25-16+. The van der Waals surface area contributed by atoms with Gasteiger partial charge in [0.25, 0.3) is 5.91 Å². The van der Waals surface area contributed by atoms with Gasteiger partial charge >= 0.3 is 0 Å². The Morgan fingerprint density at radius 2 is 1.89 bits per heavy atom. The molecule has 0 unspecified atom stereocenters. The number of amides is 1. The van der Waals surface area contributed by atoms with Crippen LogP contribution in [0, 0.1) is 11.8 Å². The van der Waals surface area contributed by atoms with Crippen molar-refractivity contribution < 1.29 is 9.90 Å². The lowest BCUT2D eigenvalue weighted by Gasteiger charge is -2.02. The van der Waals surface area contributed by atoms with E-state index in [1.54, 1.807) is 6.21 Å². The van der Waals surface area contributed by atoms with Gasteiger partial charge in [0, 0.05) is 17.5 Å². The van der Waals surface area contributed by atoms with Crippen LogP contribution in [0.1, 0.15) is 27.0 Å². The Balaban J connectivity index is 1.61. The third-order valence-corrected chi connectivity index (χ3v) is 4.15. The Hall–Kier alpha value is -3.55. The van der Waals surface area contributed by atoms with Gasteiger partial charge in [0.05, 0.1) is 11.2 Å². The molecule has 5 heteroatoms. The molecule has 0 radical (unpaired) electrons. The summed E-state index contributed by atoms with van der Waals surface area (Å²) < 4.78 is 0. The van der Waals surface area contributed by atoms with E-state index in [1.165, 1.54) is 23.8 Å². The molecule has 0 fully saturated rings. The van der Waals surface area contributed by atoms with E-state index in [4.69, 9.17) is 11.6 Å².